The maximum atomic E-state index is 13.4. The second-order valence-electron chi connectivity index (χ2n) is 7.95. The fourth-order valence-corrected chi connectivity index (χ4v) is 4.73. The van der Waals surface area contributed by atoms with Gasteiger partial charge in [-0.3, -0.25) is 9.69 Å². The van der Waals surface area contributed by atoms with Crippen molar-refractivity contribution in [3.05, 3.63) is 92.9 Å². The Morgan fingerprint density at radius 3 is 2.35 bits per heavy atom. The lowest BCUT2D eigenvalue weighted by Crippen LogP contribution is -2.49. The normalized spacial score (nSPS) is 15.8. The Balaban J connectivity index is 1.73. The van der Waals surface area contributed by atoms with E-state index < -0.39 is 0 Å². The number of aryl methyl sites for hydroxylation is 1. The number of hydrogen-bond donors (Lipinski definition) is 1. The predicted octanol–water partition coefficient (Wildman–Crippen LogP) is 4.45. The Labute approximate surface area is 188 Å². The molecule has 4 rings (SSSR count). The summed E-state index contributed by atoms with van der Waals surface area (Å²) in [6.45, 7) is 7.58. The Hall–Kier alpha value is -2.76. The molecule has 1 atom stereocenters. The Morgan fingerprint density at radius 1 is 1.00 bits per heavy atom. The van der Waals surface area contributed by atoms with E-state index in [1.54, 1.807) is 10.6 Å². The van der Waals surface area contributed by atoms with Gasteiger partial charge in [-0.1, -0.05) is 41.9 Å². The van der Waals surface area contributed by atoms with Crippen LogP contribution in [-0.2, 0) is 6.54 Å². The standard InChI is InChI=1S/C25H28ClN3O2/c1-3-29-18(2)16-22(30)23(25(29)31)24(19-8-7-9-20(26)17-19)28-14-12-27(13-15-28)21-10-5-4-6-11-21/h4-11,16-17,24,30H,3,12-15H2,1-2H3/t24-/m1/s1. The van der Waals surface area contributed by atoms with Crippen molar-refractivity contribution in [1.82, 2.24) is 9.47 Å². The molecule has 1 saturated heterocycles. The van der Waals surface area contributed by atoms with E-state index in [0.29, 0.717) is 17.1 Å². The van der Waals surface area contributed by atoms with Crippen molar-refractivity contribution in [2.75, 3.05) is 31.1 Å². The Kier molecular flexibility index (Phi) is 6.35. The van der Waals surface area contributed by atoms with Gasteiger partial charge in [-0.05, 0) is 49.7 Å². The zero-order valence-corrected chi connectivity index (χ0v) is 18.7. The van der Waals surface area contributed by atoms with Crippen molar-refractivity contribution < 1.29 is 5.11 Å². The number of piperazine rings is 1. The first-order valence-electron chi connectivity index (χ1n) is 10.7. The molecule has 0 amide bonds. The Bertz CT molecular complexity index is 1110. The molecule has 6 heteroatoms. The Morgan fingerprint density at radius 2 is 1.71 bits per heavy atom. The summed E-state index contributed by atoms with van der Waals surface area (Å²) in [6, 6.07) is 19.3. The minimum absolute atomic E-state index is 0.0441. The van der Waals surface area contributed by atoms with E-state index in [4.69, 9.17) is 11.6 Å². The number of para-hydroxylation sites is 1. The number of halogens is 1. The quantitative estimate of drug-likeness (QED) is 0.640. The SMILES string of the molecule is CCn1c(C)cc(O)c([C@@H](c2cccc(Cl)c2)N2CCN(c3ccccc3)CC2)c1=O. The highest BCUT2D eigenvalue weighted by molar-refractivity contribution is 6.30. The third kappa shape index (κ3) is 4.34. The molecule has 162 valence electrons. The van der Waals surface area contributed by atoms with Gasteiger partial charge in [-0.25, -0.2) is 0 Å². The van der Waals surface area contributed by atoms with Crippen molar-refractivity contribution in [2.45, 2.75) is 26.4 Å². The zero-order valence-electron chi connectivity index (χ0n) is 18.0. The molecule has 0 spiro atoms. The summed E-state index contributed by atoms with van der Waals surface area (Å²) in [5.41, 5.74) is 3.15. The summed E-state index contributed by atoms with van der Waals surface area (Å²) >= 11 is 6.31. The van der Waals surface area contributed by atoms with E-state index in [1.807, 2.05) is 56.3 Å². The van der Waals surface area contributed by atoms with Crippen LogP contribution in [0, 0.1) is 6.92 Å². The monoisotopic (exact) mass is 437 g/mol. The van der Waals surface area contributed by atoms with Crippen molar-refractivity contribution in [3.63, 3.8) is 0 Å². The summed E-state index contributed by atoms with van der Waals surface area (Å²) in [5, 5.41) is 11.5. The van der Waals surface area contributed by atoms with Gasteiger partial charge in [0.15, 0.2) is 0 Å². The summed E-state index contributed by atoms with van der Waals surface area (Å²) in [6.07, 6.45) is 0. The average Bonchev–Trinajstić information content (AvgIpc) is 2.77. The lowest BCUT2D eigenvalue weighted by atomic mass is 9.96. The number of anilines is 1. The molecule has 31 heavy (non-hydrogen) atoms. The van der Waals surface area contributed by atoms with E-state index in [1.165, 1.54) is 5.69 Å². The summed E-state index contributed by atoms with van der Waals surface area (Å²) < 4.78 is 1.72. The minimum Gasteiger partial charge on any atom is -0.507 e. The molecule has 2 aromatic carbocycles. The van der Waals surface area contributed by atoms with Gasteiger partial charge in [0.2, 0.25) is 0 Å². The van der Waals surface area contributed by atoms with Crippen molar-refractivity contribution >= 4 is 17.3 Å². The second kappa shape index (κ2) is 9.16. The third-order valence-electron chi connectivity index (χ3n) is 6.08. The lowest BCUT2D eigenvalue weighted by molar-refractivity contribution is 0.207. The second-order valence-corrected chi connectivity index (χ2v) is 8.39. The molecule has 1 aliphatic heterocycles. The van der Waals surface area contributed by atoms with Gasteiger partial charge in [0.25, 0.3) is 5.56 Å². The van der Waals surface area contributed by atoms with Crippen LogP contribution in [-0.4, -0.2) is 40.8 Å². The average molecular weight is 438 g/mol. The van der Waals surface area contributed by atoms with E-state index in [-0.39, 0.29) is 17.4 Å². The van der Waals surface area contributed by atoms with Crippen molar-refractivity contribution in [1.29, 1.82) is 0 Å². The van der Waals surface area contributed by atoms with E-state index >= 15 is 0 Å². The molecule has 1 aliphatic rings. The molecule has 1 fully saturated rings. The van der Waals surface area contributed by atoms with Crippen LogP contribution in [0.4, 0.5) is 5.69 Å². The van der Waals surface area contributed by atoms with Gasteiger partial charge in [-0.15, -0.1) is 0 Å². The molecule has 3 aromatic rings. The van der Waals surface area contributed by atoms with Crippen LogP contribution < -0.4 is 10.5 Å². The molecular weight excluding hydrogens is 410 g/mol. The first kappa shape index (κ1) is 21.5. The van der Waals surface area contributed by atoms with Crippen LogP contribution in [0.2, 0.25) is 5.02 Å². The van der Waals surface area contributed by atoms with Crippen LogP contribution in [0.5, 0.6) is 5.75 Å². The highest BCUT2D eigenvalue weighted by Gasteiger charge is 2.31. The van der Waals surface area contributed by atoms with Crippen LogP contribution in [0.15, 0.2) is 65.5 Å². The van der Waals surface area contributed by atoms with Crippen LogP contribution in [0.1, 0.15) is 29.8 Å². The number of rotatable bonds is 5. The van der Waals surface area contributed by atoms with Crippen LogP contribution >= 0.6 is 11.6 Å². The first-order valence-corrected chi connectivity index (χ1v) is 11.1. The maximum Gasteiger partial charge on any atom is 0.259 e. The first-order chi connectivity index (χ1) is 15.0. The van der Waals surface area contributed by atoms with Gasteiger partial charge in [0, 0.05) is 49.1 Å². The fourth-order valence-electron chi connectivity index (χ4n) is 4.53. The smallest absolute Gasteiger partial charge is 0.259 e. The molecule has 0 unspecified atom stereocenters. The number of pyridine rings is 1. The molecule has 0 bridgehead atoms. The van der Waals surface area contributed by atoms with Gasteiger partial charge in [-0.2, -0.15) is 0 Å². The van der Waals surface area contributed by atoms with Crippen molar-refractivity contribution in [3.8, 4) is 5.75 Å². The lowest BCUT2D eigenvalue weighted by Gasteiger charge is -2.40. The number of benzene rings is 2. The molecule has 0 radical (unpaired) electrons. The minimum atomic E-state index is -0.359. The highest BCUT2D eigenvalue weighted by atomic mass is 35.5. The topological polar surface area (TPSA) is 48.7 Å². The molecule has 1 N–H and O–H groups in total. The summed E-state index contributed by atoms with van der Waals surface area (Å²) in [7, 11) is 0. The highest BCUT2D eigenvalue weighted by Crippen LogP contribution is 2.34. The summed E-state index contributed by atoms with van der Waals surface area (Å²) in [5.74, 6) is 0.0441. The number of hydrogen-bond acceptors (Lipinski definition) is 4. The van der Waals surface area contributed by atoms with Crippen LogP contribution in [0.25, 0.3) is 0 Å². The molecule has 5 nitrogen and oxygen atoms in total. The largest absolute Gasteiger partial charge is 0.507 e. The van der Waals surface area contributed by atoms with E-state index in [9.17, 15) is 9.90 Å². The number of nitrogens with zero attached hydrogens (tertiary/aromatic N) is 3. The maximum absolute atomic E-state index is 13.4. The molecule has 0 aliphatic carbocycles. The number of aromatic nitrogens is 1. The molecule has 1 aromatic heterocycles. The van der Waals surface area contributed by atoms with Crippen molar-refractivity contribution in [2.24, 2.45) is 0 Å². The van der Waals surface area contributed by atoms with Gasteiger partial charge in [0.05, 0.1) is 11.6 Å². The fraction of sp³-hybridized carbons (Fsp3) is 0.320. The van der Waals surface area contributed by atoms with Gasteiger partial charge >= 0.3 is 0 Å². The molecular formula is C25H28ClN3O2. The predicted molar refractivity (Wildman–Crippen MR) is 126 cm³/mol. The van der Waals surface area contributed by atoms with E-state index in [2.05, 4.69) is 21.9 Å². The van der Waals surface area contributed by atoms with E-state index in [0.717, 1.165) is 37.4 Å². The van der Waals surface area contributed by atoms with Gasteiger partial charge < -0.3 is 14.6 Å². The molecule has 2 heterocycles. The summed E-state index contributed by atoms with van der Waals surface area (Å²) in [4.78, 5) is 18.0. The van der Waals surface area contributed by atoms with Gasteiger partial charge in [0.1, 0.15) is 5.75 Å². The number of aromatic hydroxyl groups is 1. The zero-order chi connectivity index (χ0) is 22.0. The van der Waals surface area contributed by atoms with Crippen LogP contribution in [0.3, 0.4) is 0 Å². The molecule has 0 saturated carbocycles. The third-order valence-corrected chi connectivity index (χ3v) is 6.31.